The summed E-state index contributed by atoms with van der Waals surface area (Å²) in [5, 5.41) is 0. The highest BCUT2D eigenvalue weighted by molar-refractivity contribution is 9.10. The number of rotatable bonds is 1. The lowest BCUT2D eigenvalue weighted by atomic mass is 9.95. The zero-order valence-corrected chi connectivity index (χ0v) is 15.1. The smallest absolute Gasteiger partial charge is 0.155 e. The highest BCUT2D eigenvalue weighted by atomic mass is 79.9. The van der Waals surface area contributed by atoms with Gasteiger partial charge >= 0.3 is 0 Å². The fraction of sp³-hybridized carbons (Fsp3) is 0.0909. The van der Waals surface area contributed by atoms with E-state index in [0.29, 0.717) is 0 Å². The maximum atomic E-state index is 6.53. The van der Waals surface area contributed by atoms with Gasteiger partial charge in [0.2, 0.25) is 0 Å². The molecule has 2 nitrogen and oxygen atoms in total. The lowest BCUT2D eigenvalue weighted by Crippen LogP contribution is -2.40. The lowest BCUT2D eigenvalue weighted by Gasteiger charge is -2.43. The van der Waals surface area contributed by atoms with E-state index < -0.39 is 0 Å². The van der Waals surface area contributed by atoms with Crippen LogP contribution in [0.15, 0.2) is 83.3 Å². The zero-order valence-electron chi connectivity index (χ0n) is 13.5. The van der Waals surface area contributed by atoms with Crippen molar-refractivity contribution in [3.8, 4) is 0 Å². The van der Waals surface area contributed by atoms with Gasteiger partial charge < -0.3 is 9.64 Å². The van der Waals surface area contributed by atoms with Gasteiger partial charge in [-0.25, -0.2) is 0 Å². The van der Waals surface area contributed by atoms with Crippen molar-refractivity contribution in [1.29, 1.82) is 0 Å². The fourth-order valence-electron chi connectivity index (χ4n) is 3.70. The summed E-state index contributed by atoms with van der Waals surface area (Å²) in [6, 6.07) is 25.4. The Balaban J connectivity index is 1.69. The quantitative estimate of drug-likeness (QED) is 0.501. The van der Waals surface area contributed by atoms with Gasteiger partial charge in [0.15, 0.2) is 6.23 Å². The molecule has 0 aromatic heterocycles. The Morgan fingerprint density at radius 2 is 1.64 bits per heavy atom. The van der Waals surface area contributed by atoms with Crippen LogP contribution in [-0.4, -0.2) is 6.23 Å². The molecule has 2 atom stereocenters. The first-order valence-corrected chi connectivity index (χ1v) is 9.17. The minimum atomic E-state index is -0.103. The van der Waals surface area contributed by atoms with E-state index in [9.17, 15) is 0 Å². The molecule has 0 spiro atoms. The molecule has 0 aliphatic carbocycles. The summed E-state index contributed by atoms with van der Waals surface area (Å²) in [6.07, 6.45) is 4.12. The molecule has 0 N–H and O–H groups in total. The van der Waals surface area contributed by atoms with E-state index >= 15 is 0 Å². The third-order valence-electron chi connectivity index (χ3n) is 4.80. The van der Waals surface area contributed by atoms with Crippen molar-refractivity contribution in [2.45, 2.75) is 12.3 Å². The van der Waals surface area contributed by atoms with E-state index in [-0.39, 0.29) is 12.3 Å². The first-order valence-electron chi connectivity index (χ1n) is 8.37. The van der Waals surface area contributed by atoms with Gasteiger partial charge in [-0.1, -0.05) is 70.5 Å². The summed E-state index contributed by atoms with van der Waals surface area (Å²) >= 11 is 3.58. The molecule has 0 amide bonds. The summed E-state index contributed by atoms with van der Waals surface area (Å²) in [6.45, 7) is 0. The van der Waals surface area contributed by atoms with Gasteiger partial charge in [-0.15, -0.1) is 0 Å². The molecule has 2 unspecified atom stereocenters. The van der Waals surface area contributed by atoms with Crippen LogP contribution in [0, 0.1) is 0 Å². The Hall–Kier alpha value is -2.36. The molecule has 25 heavy (non-hydrogen) atoms. The molecular weight excluding hydrogens is 374 g/mol. The van der Waals surface area contributed by atoms with E-state index in [1.165, 1.54) is 22.5 Å². The fourth-order valence-corrected chi connectivity index (χ4v) is 4.12. The zero-order chi connectivity index (χ0) is 16.8. The monoisotopic (exact) mass is 389 g/mol. The van der Waals surface area contributed by atoms with Gasteiger partial charge in [0.25, 0.3) is 0 Å². The van der Waals surface area contributed by atoms with E-state index in [4.69, 9.17) is 4.74 Å². The average molecular weight is 390 g/mol. The molecular formula is C22H16BrNO. The Bertz CT molecular complexity index is 981. The topological polar surface area (TPSA) is 12.5 Å². The van der Waals surface area contributed by atoms with Crippen LogP contribution in [0.5, 0.6) is 0 Å². The van der Waals surface area contributed by atoms with Crippen molar-refractivity contribution in [3.63, 3.8) is 0 Å². The second-order valence-corrected chi connectivity index (χ2v) is 7.22. The molecule has 0 fully saturated rings. The van der Waals surface area contributed by atoms with E-state index in [2.05, 4.69) is 99.7 Å². The van der Waals surface area contributed by atoms with Crippen molar-refractivity contribution in [3.05, 3.63) is 100 Å². The summed E-state index contributed by atoms with van der Waals surface area (Å²) in [7, 11) is 0. The van der Waals surface area contributed by atoms with E-state index in [0.717, 1.165) is 10.0 Å². The van der Waals surface area contributed by atoms with Crippen molar-refractivity contribution in [2.24, 2.45) is 0 Å². The molecule has 3 heteroatoms. The lowest BCUT2D eigenvalue weighted by molar-refractivity contribution is 0.0302. The highest BCUT2D eigenvalue weighted by Crippen LogP contribution is 2.46. The normalized spacial score (nSPS) is 20.6. The van der Waals surface area contributed by atoms with Crippen molar-refractivity contribution >= 4 is 33.4 Å². The Kier molecular flexibility index (Phi) is 3.51. The molecule has 0 radical (unpaired) electrons. The molecule has 0 bridgehead atoms. The van der Waals surface area contributed by atoms with Crippen LogP contribution >= 0.6 is 15.9 Å². The SMILES string of the molecule is Brc1cccc(C2OC3C=Cc4ccccc4N3c3ccccc32)c1. The van der Waals surface area contributed by atoms with Gasteiger partial charge in [-0.3, -0.25) is 0 Å². The molecule has 2 heterocycles. The second kappa shape index (κ2) is 5.87. The van der Waals surface area contributed by atoms with Crippen LogP contribution in [0.1, 0.15) is 22.8 Å². The maximum absolute atomic E-state index is 6.53. The number of hydrogen-bond acceptors (Lipinski definition) is 2. The largest absolute Gasteiger partial charge is 0.342 e. The number of hydrogen-bond donors (Lipinski definition) is 0. The summed E-state index contributed by atoms with van der Waals surface area (Å²) in [5.41, 5.74) is 5.98. The highest BCUT2D eigenvalue weighted by Gasteiger charge is 2.35. The molecule has 0 saturated heterocycles. The average Bonchev–Trinajstić information content (AvgIpc) is 2.67. The van der Waals surface area contributed by atoms with Crippen LogP contribution in [0.25, 0.3) is 6.08 Å². The number of para-hydroxylation sites is 2. The van der Waals surface area contributed by atoms with Crippen LogP contribution in [0.4, 0.5) is 11.4 Å². The maximum Gasteiger partial charge on any atom is 0.155 e. The molecule has 2 aliphatic heterocycles. The molecule has 3 aromatic rings. The van der Waals surface area contributed by atoms with Crippen LogP contribution in [0.3, 0.4) is 0 Å². The molecule has 5 rings (SSSR count). The van der Waals surface area contributed by atoms with Gasteiger partial charge in [0, 0.05) is 10.0 Å². The molecule has 3 aromatic carbocycles. The summed E-state index contributed by atoms with van der Waals surface area (Å²) in [5.74, 6) is 0. The summed E-state index contributed by atoms with van der Waals surface area (Å²) < 4.78 is 7.60. The number of anilines is 2. The molecule has 0 saturated carbocycles. The van der Waals surface area contributed by atoms with Crippen LogP contribution in [-0.2, 0) is 4.74 Å². The first kappa shape index (κ1) is 14.9. The van der Waals surface area contributed by atoms with Gasteiger partial charge in [-0.05, 0) is 41.5 Å². The minimum Gasteiger partial charge on any atom is -0.342 e. The standard InChI is InChI=1S/C22H16BrNO/c23-17-8-5-7-16(14-17)22-18-9-2-4-11-20(18)24-19-10-3-1-6-15(19)12-13-21(24)25-22/h1-14,21-22H. The minimum absolute atomic E-state index is 0.0788. The first-order chi connectivity index (χ1) is 12.3. The third-order valence-corrected chi connectivity index (χ3v) is 5.29. The number of benzene rings is 3. The van der Waals surface area contributed by atoms with Gasteiger partial charge in [0.05, 0.1) is 11.4 Å². The Morgan fingerprint density at radius 1 is 0.840 bits per heavy atom. The van der Waals surface area contributed by atoms with Crippen molar-refractivity contribution < 1.29 is 4.74 Å². The predicted molar refractivity (Wildman–Crippen MR) is 105 cm³/mol. The van der Waals surface area contributed by atoms with E-state index in [1.54, 1.807) is 0 Å². The summed E-state index contributed by atoms with van der Waals surface area (Å²) in [4.78, 5) is 2.29. The number of ether oxygens (including phenoxy) is 1. The Morgan fingerprint density at radius 3 is 2.52 bits per heavy atom. The van der Waals surface area contributed by atoms with Crippen molar-refractivity contribution in [2.75, 3.05) is 4.90 Å². The number of nitrogens with zero attached hydrogens (tertiary/aromatic N) is 1. The second-order valence-electron chi connectivity index (χ2n) is 6.31. The van der Waals surface area contributed by atoms with E-state index in [1.807, 2.05) is 6.07 Å². The molecule has 2 aliphatic rings. The van der Waals surface area contributed by atoms with Crippen molar-refractivity contribution in [1.82, 2.24) is 0 Å². The predicted octanol–water partition coefficient (Wildman–Crippen LogP) is 6.06. The van der Waals surface area contributed by atoms with Gasteiger partial charge in [-0.2, -0.15) is 0 Å². The molecule has 122 valence electrons. The third kappa shape index (κ3) is 2.43. The number of halogens is 1. The number of fused-ring (bicyclic) bond motifs is 5. The van der Waals surface area contributed by atoms with Crippen LogP contribution < -0.4 is 4.90 Å². The van der Waals surface area contributed by atoms with Crippen LogP contribution in [0.2, 0.25) is 0 Å². The van der Waals surface area contributed by atoms with Gasteiger partial charge in [0.1, 0.15) is 6.10 Å². The Labute approximate surface area is 155 Å².